The highest BCUT2D eigenvalue weighted by atomic mass is 16.4. The highest BCUT2D eigenvalue weighted by Gasteiger charge is 2.08. The van der Waals surface area contributed by atoms with Gasteiger partial charge < -0.3 is 4.42 Å². The fourth-order valence-electron chi connectivity index (χ4n) is 1.45. The normalized spacial score (nSPS) is 10.0. The molecule has 3 nitrogen and oxygen atoms in total. The third-order valence-corrected chi connectivity index (χ3v) is 2.13. The molecule has 0 radical (unpaired) electrons. The van der Waals surface area contributed by atoms with Crippen molar-refractivity contribution in [2.24, 2.45) is 0 Å². The van der Waals surface area contributed by atoms with Crippen LogP contribution in [-0.2, 0) is 0 Å². The third kappa shape index (κ3) is 1.09. The van der Waals surface area contributed by atoms with Crippen molar-refractivity contribution in [3.05, 3.63) is 46.0 Å². The maximum absolute atomic E-state index is 11.4. The first kappa shape index (κ1) is 8.52. The average molecular weight is 185 g/mol. The lowest BCUT2D eigenvalue weighted by Gasteiger charge is -2.00. The molecule has 3 heteroatoms. The summed E-state index contributed by atoms with van der Waals surface area (Å²) in [6.45, 7) is 1.62. The van der Waals surface area contributed by atoms with Crippen molar-refractivity contribution < 1.29 is 4.42 Å². The summed E-state index contributed by atoms with van der Waals surface area (Å²) in [5, 5.41) is 10.0. The molecular weight excluding hydrogens is 178 g/mol. The van der Waals surface area contributed by atoms with Gasteiger partial charge in [0.2, 0.25) is 0 Å². The maximum atomic E-state index is 11.4. The monoisotopic (exact) mass is 185 g/mol. The molecule has 0 fully saturated rings. The van der Waals surface area contributed by atoms with Gasteiger partial charge in [-0.25, -0.2) is 4.79 Å². The molecule has 0 saturated carbocycles. The lowest BCUT2D eigenvalue weighted by atomic mass is 10.1. The second-order valence-corrected chi connectivity index (χ2v) is 2.98. The molecule has 68 valence electrons. The van der Waals surface area contributed by atoms with Gasteiger partial charge in [0.15, 0.2) is 0 Å². The van der Waals surface area contributed by atoms with Crippen molar-refractivity contribution in [1.29, 1.82) is 5.26 Å². The number of hydrogen-bond acceptors (Lipinski definition) is 3. The molecule has 2 aromatic rings. The minimum absolute atomic E-state index is 0.371. The van der Waals surface area contributed by atoms with Gasteiger partial charge in [-0.1, -0.05) is 18.2 Å². The fraction of sp³-hybridized carbons (Fsp3) is 0.0909. The Balaban J connectivity index is 3.08. The average Bonchev–Trinajstić information content (AvgIpc) is 2.18. The Kier molecular flexibility index (Phi) is 1.83. The summed E-state index contributed by atoms with van der Waals surface area (Å²) in [5.41, 5.74) is 0.0392. The molecular formula is C11H7NO2. The van der Waals surface area contributed by atoms with Crippen LogP contribution in [0.25, 0.3) is 10.8 Å². The van der Waals surface area contributed by atoms with Crippen molar-refractivity contribution in [2.45, 2.75) is 6.92 Å². The maximum Gasteiger partial charge on any atom is 0.343 e. The zero-order valence-corrected chi connectivity index (χ0v) is 7.57. The number of nitrogens with zero attached hydrogens (tertiary/aromatic N) is 1. The largest absolute Gasteiger partial charge is 0.426 e. The first-order valence-electron chi connectivity index (χ1n) is 4.16. The van der Waals surface area contributed by atoms with E-state index in [0.29, 0.717) is 22.1 Å². The first-order valence-corrected chi connectivity index (χ1v) is 4.16. The van der Waals surface area contributed by atoms with E-state index in [-0.39, 0.29) is 0 Å². The molecule has 0 N–H and O–H groups in total. The standard InChI is InChI=1S/C11H7NO2/c1-7-10(6-12)8-4-2-3-5-9(8)11(13)14-7/h2-5H,1H3. The van der Waals surface area contributed by atoms with Crippen LogP contribution < -0.4 is 5.63 Å². The van der Waals surface area contributed by atoms with Gasteiger partial charge in [0.25, 0.3) is 0 Å². The Bertz CT molecular complexity index is 590. The van der Waals surface area contributed by atoms with Crippen LogP contribution in [0.1, 0.15) is 11.3 Å². The van der Waals surface area contributed by atoms with Crippen molar-refractivity contribution in [3.63, 3.8) is 0 Å². The van der Waals surface area contributed by atoms with Crippen LogP contribution >= 0.6 is 0 Å². The fourth-order valence-corrected chi connectivity index (χ4v) is 1.45. The highest BCUT2D eigenvalue weighted by Crippen LogP contribution is 2.17. The summed E-state index contributed by atoms with van der Waals surface area (Å²) in [4.78, 5) is 11.4. The zero-order chi connectivity index (χ0) is 10.1. The van der Waals surface area contributed by atoms with Gasteiger partial charge >= 0.3 is 5.63 Å². The van der Waals surface area contributed by atoms with Crippen molar-refractivity contribution in [2.75, 3.05) is 0 Å². The molecule has 0 bridgehead atoms. The summed E-state index contributed by atoms with van der Waals surface area (Å²) in [6.07, 6.45) is 0. The van der Waals surface area contributed by atoms with Crippen LogP contribution in [0.5, 0.6) is 0 Å². The Labute approximate surface area is 80.2 Å². The van der Waals surface area contributed by atoms with E-state index in [2.05, 4.69) is 0 Å². The molecule has 0 aliphatic carbocycles. The van der Waals surface area contributed by atoms with E-state index in [4.69, 9.17) is 9.68 Å². The molecule has 0 atom stereocenters. The summed E-state index contributed by atoms with van der Waals surface area (Å²) >= 11 is 0. The number of fused-ring (bicyclic) bond motifs is 1. The van der Waals surface area contributed by atoms with Gasteiger partial charge in [0, 0.05) is 5.39 Å². The molecule has 2 rings (SSSR count). The Morgan fingerprint density at radius 1 is 1.29 bits per heavy atom. The van der Waals surface area contributed by atoms with E-state index in [1.165, 1.54) is 0 Å². The Morgan fingerprint density at radius 3 is 2.57 bits per heavy atom. The van der Waals surface area contributed by atoms with Crippen LogP contribution in [0.2, 0.25) is 0 Å². The molecule has 0 saturated heterocycles. The quantitative estimate of drug-likeness (QED) is 0.630. The van der Waals surface area contributed by atoms with E-state index in [9.17, 15) is 4.79 Å². The predicted molar refractivity (Wildman–Crippen MR) is 51.9 cm³/mol. The first-order chi connectivity index (χ1) is 6.74. The molecule has 14 heavy (non-hydrogen) atoms. The van der Waals surface area contributed by atoms with Crippen molar-refractivity contribution in [1.82, 2.24) is 0 Å². The van der Waals surface area contributed by atoms with Gasteiger partial charge in [-0.15, -0.1) is 0 Å². The molecule has 1 heterocycles. The minimum Gasteiger partial charge on any atom is -0.426 e. The summed E-state index contributed by atoms with van der Waals surface area (Å²) < 4.78 is 4.93. The van der Waals surface area contributed by atoms with Crippen molar-refractivity contribution in [3.8, 4) is 6.07 Å². The Hall–Kier alpha value is -2.08. The summed E-state index contributed by atoms with van der Waals surface area (Å²) in [5.74, 6) is 0.371. The van der Waals surface area contributed by atoms with Crippen molar-refractivity contribution >= 4 is 10.8 Å². The van der Waals surface area contributed by atoms with E-state index >= 15 is 0 Å². The van der Waals surface area contributed by atoms with Gasteiger partial charge in [-0.3, -0.25) is 0 Å². The predicted octanol–water partition coefficient (Wildman–Crippen LogP) is 1.97. The summed E-state index contributed by atoms with van der Waals surface area (Å²) in [6, 6.07) is 8.97. The Morgan fingerprint density at radius 2 is 1.93 bits per heavy atom. The molecule has 1 aromatic carbocycles. The van der Waals surface area contributed by atoms with Crippen LogP contribution in [0.3, 0.4) is 0 Å². The van der Waals surface area contributed by atoms with Crippen LogP contribution in [0.15, 0.2) is 33.5 Å². The van der Waals surface area contributed by atoms with Gasteiger partial charge in [0.05, 0.1) is 10.9 Å². The topological polar surface area (TPSA) is 54.0 Å². The molecule has 0 aliphatic heterocycles. The number of nitriles is 1. The van der Waals surface area contributed by atoms with Crippen LogP contribution in [-0.4, -0.2) is 0 Å². The SMILES string of the molecule is Cc1oc(=O)c2ccccc2c1C#N. The van der Waals surface area contributed by atoms with Gasteiger partial charge in [-0.05, 0) is 13.0 Å². The van der Waals surface area contributed by atoms with E-state index in [1.54, 1.807) is 31.2 Å². The number of benzene rings is 1. The second-order valence-electron chi connectivity index (χ2n) is 2.98. The summed E-state index contributed by atoms with van der Waals surface area (Å²) in [7, 11) is 0. The van der Waals surface area contributed by atoms with Crippen LogP contribution in [0, 0.1) is 18.3 Å². The molecule has 0 spiro atoms. The third-order valence-electron chi connectivity index (χ3n) is 2.13. The number of hydrogen-bond donors (Lipinski definition) is 0. The molecule has 0 amide bonds. The van der Waals surface area contributed by atoms with E-state index in [0.717, 1.165) is 0 Å². The molecule has 0 aliphatic rings. The number of rotatable bonds is 0. The van der Waals surface area contributed by atoms with Gasteiger partial charge in [-0.2, -0.15) is 5.26 Å². The lowest BCUT2D eigenvalue weighted by molar-refractivity contribution is 0.487. The molecule has 1 aromatic heterocycles. The minimum atomic E-state index is -0.392. The smallest absolute Gasteiger partial charge is 0.343 e. The second kappa shape index (κ2) is 3.00. The van der Waals surface area contributed by atoms with E-state index in [1.807, 2.05) is 6.07 Å². The zero-order valence-electron chi connectivity index (χ0n) is 7.57. The number of aryl methyl sites for hydroxylation is 1. The lowest BCUT2D eigenvalue weighted by Crippen LogP contribution is -2.02. The van der Waals surface area contributed by atoms with E-state index < -0.39 is 5.63 Å². The molecule has 0 unspecified atom stereocenters. The van der Waals surface area contributed by atoms with Gasteiger partial charge in [0.1, 0.15) is 11.8 Å². The van der Waals surface area contributed by atoms with Crippen LogP contribution in [0.4, 0.5) is 0 Å². The highest BCUT2D eigenvalue weighted by molar-refractivity contribution is 5.86.